The van der Waals surface area contributed by atoms with Gasteiger partial charge in [0.1, 0.15) is 6.04 Å². The predicted octanol–water partition coefficient (Wildman–Crippen LogP) is -1.06. The van der Waals surface area contributed by atoms with E-state index in [4.69, 9.17) is 5.73 Å². The van der Waals surface area contributed by atoms with Crippen LogP contribution in [0.4, 0.5) is 0 Å². The Bertz CT molecular complexity index is 496. The summed E-state index contributed by atoms with van der Waals surface area (Å²) in [7, 11) is 0. The number of nitrogens with two attached hydrogens (primary N) is 1. The third-order valence-electron chi connectivity index (χ3n) is 2.75. The maximum Gasteiger partial charge on any atom is 0.248 e. The highest BCUT2D eigenvalue weighted by atomic mass is 16.2. The van der Waals surface area contributed by atoms with Gasteiger partial charge >= 0.3 is 0 Å². The van der Waals surface area contributed by atoms with E-state index in [1.54, 1.807) is 24.3 Å². The van der Waals surface area contributed by atoms with Gasteiger partial charge in [-0.2, -0.15) is 0 Å². The molecule has 3 amide bonds. The van der Waals surface area contributed by atoms with Crippen LogP contribution in [0.5, 0.6) is 0 Å². The Balaban J connectivity index is 2.06. The van der Waals surface area contributed by atoms with Crippen LogP contribution in [0.25, 0.3) is 0 Å². The number of carbonyl (C=O) groups is 3. The summed E-state index contributed by atoms with van der Waals surface area (Å²) in [5, 5.41) is 5.12. The predicted molar refractivity (Wildman–Crippen MR) is 63.6 cm³/mol. The van der Waals surface area contributed by atoms with Crippen LogP contribution in [0, 0.1) is 0 Å². The van der Waals surface area contributed by atoms with Gasteiger partial charge in [0.2, 0.25) is 17.7 Å². The van der Waals surface area contributed by atoms with Gasteiger partial charge in [-0.25, -0.2) is 0 Å². The summed E-state index contributed by atoms with van der Waals surface area (Å²) in [4.78, 5) is 33.6. The Morgan fingerprint density at radius 3 is 2.56 bits per heavy atom. The van der Waals surface area contributed by atoms with Crippen LogP contribution in [0.1, 0.15) is 15.9 Å². The van der Waals surface area contributed by atoms with Crippen LogP contribution < -0.4 is 16.4 Å². The van der Waals surface area contributed by atoms with Crippen molar-refractivity contribution in [3.8, 4) is 0 Å². The van der Waals surface area contributed by atoms with Crippen molar-refractivity contribution in [2.75, 3.05) is 6.54 Å². The van der Waals surface area contributed by atoms with E-state index in [0.29, 0.717) is 12.0 Å². The van der Waals surface area contributed by atoms with Crippen molar-refractivity contribution in [3.05, 3.63) is 35.4 Å². The molecule has 1 unspecified atom stereocenters. The first kappa shape index (κ1) is 12.1. The molecule has 0 aliphatic carbocycles. The molecule has 2 rings (SSSR count). The zero-order chi connectivity index (χ0) is 13.1. The number of amides is 3. The van der Waals surface area contributed by atoms with Crippen molar-refractivity contribution in [2.24, 2.45) is 5.73 Å². The van der Waals surface area contributed by atoms with Crippen LogP contribution in [-0.4, -0.2) is 30.3 Å². The molecule has 6 nitrogen and oxygen atoms in total. The first-order chi connectivity index (χ1) is 8.56. The number of primary amides is 1. The average molecular weight is 247 g/mol. The van der Waals surface area contributed by atoms with E-state index in [2.05, 4.69) is 10.6 Å². The van der Waals surface area contributed by atoms with Gasteiger partial charge in [0, 0.05) is 12.0 Å². The van der Waals surface area contributed by atoms with Crippen molar-refractivity contribution >= 4 is 17.7 Å². The van der Waals surface area contributed by atoms with E-state index in [9.17, 15) is 14.4 Å². The molecule has 6 heteroatoms. The van der Waals surface area contributed by atoms with Gasteiger partial charge in [0.05, 0.1) is 6.54 Å². The van der Waals surface area contributed by atoms with E-state index in [1.807, 2.05) is 0 Å². The molecule has 1 fully saturated rings. The van der Waals surface area contributed by atoms with Crippen LogP contribution in [0.3, 0.4) is 0 Å². The van der Waals surface area contributed by atoms with Crippen LogP contribution >= 0.6 is 0 Å². The Kier molecular flexibility index (Phi) is 3.27. The van der Waals surface area contributed by atoms with Crippen molar-refractivity contribution in [2.45, 2.75) is 12.5 Å². The highest BCUT2D eigenvalue weighted by Gasteiger charge is 2.25. The number of piperazine rings is 1. The fourth-order valence-electron chi connectivity index (χ4n) is 1.79. The second-order valence-corrected chi connectivity index (χ2v) is 4.10. The molecule has 0 spiro atoms. The number of rotatable bonds is 3. The van der Waals surface area contributed by atoms with Gasteiger partial charge in [-0.3, -0.25) is 14.4 Å². The zero-order valence-corrected chi connectivity index (χ0v) is 9.60. The Morgan fingerprint density at radius 1 is 1.28 bits per heavy atom. The molecule has 18 heavy (non-hydrogen) atoms. The molecule has 1 aliphatic rings. The minimum Gasteiger partial charge on any atom is -0.366 e. The summed E-state index contributed by atoms with van der Waals surface area (Å²) in [5.41, 5.74) is 6.39. The van der Waals surface area contributed by atoms with E-state index in [0.717, 1.165) is 5.56 Å². The Labute approximate surface area is 104 Å². The quantitative estimate of drug-likeness (QED) is 0.634. The second-order valence-electron chi connectivity index (χ2n) is 4.10. The molecule has 1 saturated heterocycles. The zero-order valence-electron chi connectivity index (χ0n) is 9.60. The molecule has 1 aromatic rings. The van der Waals surface area contributed by atoms with Gasteiger partial charge in [-0.1, -0.05) is 12.1 Å². The van der Waals surface area contributed by atoms with Gasteiger partial charge in [-0.05, 0) is 17.7 Å². The second kappa shape index (κ2) is 4.87. The maximum atomic E-state index is 11.5. The number of benzene rings is 1. The minimum atomic E-state index is -0.564. The fourth-order valence-corrected chi connectivity index (χ4v) is 1.79. The fraction of sp³-hybridized carbons (Fsp3) is 0.250. The smallest absolute Gasteiger partial charge is 0.248 e. The minimum absolute atomic E-state index is 0.0238. The lowest BCUT2D eigenvalue weighted by Gasteiger charge is -2.23. The monoisotopic (exact) mass is 247 g/mol. The normalized spacial score (nSPS) is 19.0. The van der Waals surface area contributed by atoms with Gasteiger partial charge in [-0.15, -0.1) is 0 Å². The largest absolute Gasteiger partial charge is 0.366 e. The van der Waals surface area contributed by atoms with Crippen molar-refractivity contribution in [1.29, 1.82) is 0 Å². The summed E-state index contributed by atoms with van der Waals surface area (Å²) in [5.74, 6) is -0.896. The SMILES string of the molecule is NC(=O)c1ccc(CC2NC(=O)CNC2=O)cc1. The summed E-state index contributed by atoms with van der Waals surface area (Å²) in [6, 6.07) is 6.06. The number of hydrogen-bond donors (Lipinski definition) is 3. The highest BCUT2D eigenvalue weighted by molar-refractivity contribution is 5.95. The molecular weight excluding hydrogens is 234 g/mol. The molecule has 0 radical (unpaired) electrons. The van der Waals surface area contributed by atoms with Crippen LogP contribution in [0.2, 0.25) is 0 Å². The van der Waals surface area contributed by atoms with Gasteiger partial charge in [0.25, 0.3) is 0 Å². The van der Waals surface area contributed by atoms with E-state index in [-0.39, 0.29) is 18.4 Å². The first-order valence-electron chi connectivity index (χ1n) is 5.52. The number of nitrogens with one attached hydrogen (secondary N) is 2. The molecule has 4 N–H and O–H groups in total. The molecule has 0 aromatic heterocycles. The van der Waals surface area contributed by atoms with Gasteiger partial charge < -0.3 is 16.4 Å². The van der Waals surface area contributed by atoms with Crippen molar-refractivity contribution < 1.29 is 14.4 Å². The first-order valence-corrected chi connectivity index (χ1v) is 5.52. The number of hydrogen-bond acceptors (Lipinski definition) is 3. The third kappa shape index (κ3) is 2.65. The van der Waals surface area contributed by atoms with E-state index in [1.165, 1.54) is 0 Å². The van der Waals surface area contributed by atoms with E-state index >= 15 is 0 Å². The summed E-state index contributed by atoms with van der Waals surface area (Å²) in [6.07, 6.45) is 0.386. The number of carbonyl (C=O) groups excluding carboxylic acids is 3. The van der Waals surface area contributed by atoms with Gasteiger partial charge in [0.15, 0.2) is 0 Å². The molecule has 1 heterocycles. The maximum absolute atomic E-state index is 11.5. The lowest BCUT2D eigenvalue weighted by molar-refractivity contribution is -0.133. The Hall–Kier alpha value is -2.37. The summed E-state index contributed by atoms with van der Waals surface area (Å²) in [6.45, 7) is 0.0238. The van der Waals surface area contributed by atoms with Crippen molar-refractivity contribution in [3.63, 3.8) is 0 Å². The van der Waals surface area contributed by atoms with Crippen LogP contribution in [-0.2, 0) is 16.0 Å². The average Bonchev–Trinajstić information content (AvgIpc) is 2.34. The summed E-state index contributed by atoms with van der Waals surface area (Å²) >= 11 is 0. The standard InChI is InChI=1S/C12H13N3O3/c13-11(17)8-3-1-7(2-4-8)5-9-12(18)14-6-10(16)15-9/h1-4,9H,5-6H2,(H2,13,17)(H,14,18)(H,15,16). The van der Waals surface area contributed by atoms with Crippen LogP contribution in [0.15, 0.2) is 24.3 Å². The topological polar surface area (TPSA) is 101 Å². The van der Waals surface area contributed by atoms with E-state index < -0.39 is 11.9 Å². The highest BCUT2D eigenvalue weighted by Crippen LogP contribution is 2.08. The molecule has 0 saturated carbocycles. The lowest BCUT2D eigenvalue weighted by atomic mass is 10.0. The Morgan fingerprint density at radius 2 is 1.94 bits per heavy atom. The molecule has 94 valence electrons. The lowest BCUT2D eigenvalue weighted by Crippen LogP contribution is -2.56. The molecular formula is C12H13N3O3. The molecule has 1 aromatic carbocycles. The van der Waals surface area contributed by atoms with Crippen molar-refractivity contribution in [1.82, 2.24) is 10.6 Å². The summed E-state index contributed by atoms with van der Waals surface area (Å²) < 4.78 is 0. The molecule has 1 aliphatic heterocycles. The third-order valence-corrected chi connectivity index (χ3v) is 2.75. The molecule has 0 bridgehead atoms. The molecule has 1 atom stereocenters.